The topological polar surface area (TPSA) is 59.1 Å². The molecule has 1 aromatic carbocycles. The zero-order chi connectivity index (χ0) is 16.7. The van der Waals surface area contributed by atoms with Crippen molar-refractivity contribution in [3.8, 4) is 11.5 Å². The normalized spacial score (nSPS) is 20.9. The molecule has 6 nitrogen and oxygen atoms in total. The molecular weight excluding hydrogens is 308 g/mol. The number of piperidine rings is 1. The Bertz CT molecular complexity index is 672. The molecule has 24 heavy (non-hydrogen) atoms. The lowest BCUT2D eigenvalue weighted by atomic mass is 9.72. The van der Waals surface area contributed by atoms with Crippen molar-refractivity contribution in [3.05, 3.63) is 23.8 Å². The molecule has 0 bridgehead atoms. The largest absolute Gasteiger partial charge is 0.454 e. The van der Waals surface area contributed by atoms with Crippen LogP contribution in [0, 0.1) is 5.41 Å². The van der Waals surface area contributed by atoms with Gasteiger partial charge in [0.1, 0.15) is 0 Å². The van der Waals surface area contributed by atoms with Gasteiger partial charge in [0.15, 0.2) is 11.5 Å². The Labute approximate surface area is 141 Å². The van der Waals surface area contributed by atoms with Crippen molar-refractivity contribution in [3.63, 3.8) is 0 Å². The third-order valence-electron chi connectivity index (χ3n) is 5.47. The third kappa shape index (κ3) is 2.70. The van der Waals surface area contributed by atoms with Crippen LogP contribution in [0.1, 0.15) is 25.3 Å². The molecule has 0 N–H and O–H groups in total. The van der Waals surface area contributed by atoms with Gasteiger partial charge >= 0.3 is 0 Å². The number of hydrogen-bond acceptors (Lipinski definition) is 4. The maximum absolute atomic E-state index is 12.5. The Morgan fingerprint density at radius 2 is 1.79 bits per heavy atom. The fourth-order valence-corrected chi connectivity index (χ4v) is 3.89. The van der Waals surface area contributed by atoms with Crippen LogP contribution in [-0.4, -0.2) is 54.6 Å². The molecule has 0 aromatic heterocycles. The maximum Gasteiger partial charge on any atom is 0.231 e. The van der Waals surface area contributed by atoms with Gasteiger partial charge in [-0.25, -0.2) is 0 Å². The van der Waals surface area contributed by atoms with E-state index in [2.05, 4.69) is 0 Å². The van der Waals surface area contributed by atoms with E-state index in [0.717, 1.165) is 56.1 Å². The van der Waals surface area contributed by atoms with Crippen LogP contribution < -0.4 is 9.47 Å². The molecular formula is C18H22N2O4. The summed E-state index contributed by atoms with van der Waals surface area (Å²) in [6, 6.07) is 5.67. The molecule has 3 aliphatic rings. The van der Waals surface area contributed by atoms with E-state index in [-0.39, 0.29) is 24.0 Å². The molecule has 0 aliphatic carbocycles. The van der Waals surface area contributed by atoms with Crippen molar-refractivity contribution < 1.29 is 19.1 Å². The summed E-state index contributed by atoms with van der Waals surface area (Å²) < 4.78 is 10.7. The highest BCUT2D eigenvalue weighted by Crippen LogP contribution is 2.41. The van der Waals surface area contributed by atoms with Crippen LogP contribution in [0.25, 0.3) is 0 Å². The van der Waals surface area contributed by atoms with Crippen molar-refractivity contribution in [2.45, 2.75) is 26.2 Å². The van der Waals surface area contributed by atoms with Crippen LogP contribution in [0.2, 0.25) is 0 Å². The Balaban J connectivity index is 1.31. The Kier molecular flexibility index (Phi) is 3.62. The second kappa shape index (κ2) is 5.69. The zero-order valence-corrected chi connectivity index (χ0v) is 13.9. The maximum atomic E-state index is 12.5. The molecule has 0 atom stereocenters. The van der Waals surface area contributed by atoms with Crippen LogP contribution in [0.4, 0.5) is 0 Å². The van der Waals surface area contributed by atoms with E-state index in [0.29, 0.717) is 6.42 Å². The highest BCUT2D eigenvalue weighted by molar-refractivity contribution is 5.80. The van der Waals surface area contributed by atoms with E-state index in [1.54, 1.807) is 6.92 Å². The van der Waals surface area contributed by atoms with E-state index in [1.807, 2.05) is 28.0 Å². The van der Waals surface area contributed by atoms with Crippen molar-refractivity contribution >= 4 is 11.8 Å². The third-order valence-corrected chi connectivity index (χ3v) is 5.47. The molecule has 1 spiro atoms. The minimum Gasteiger partial charge on any atom is -0.454 e. The molecule has 0 radical (unpaired) electrons. The van der Waals surface area contributed by atoms with Gasteiger partial charge in [-0.15, -0.1) is 0 Å². The van der Waals surface area contributed by atoms with Gasteiger partial charge < -0.3 is 19.3 Å². The average Bonchev–Trinajstić information content (AvgIpc) is 3.00. The first-order valence-corrected chi connectivity index (χ1v) is 8.47. The van der Waals surface area contributed by atoms with Gasteiger partial charge in [0.05, 0.1) is 6.42 Å². The van der Waals surface area contributed by atoms with Crippen molar-refractivity contribution in [1.82, 2.24) is 9.80 Å². The summed E-state index contributed by atoms with van der Waals surface area (Å²) in [7, 11) is 0. The van der Waals surface area contributed by atoms with Gasteiger partial charge in [-0.05, 0) is 30.5 Å². The van der Waals surface area contributed by atoms with Gasteiger partial charge in [0.2, 0.25) is 18.6 Å². The highest BCUT2D eigenvalue weighted by Gasteiger charge is 2.46. The highest BCUT2D eigenvalue weighted by atomic mass is 16.7. The Morgan fingerprint density at radius 1 is 1.08 bits per heavy atom. The second-order valence-electron chi connectivity index (χ2n) is 7.12. The lowest BCUT2D eigenvalue weighted by Gasteiger charge is -2.54. The fourth-order valence-electron chi connectivity index (χ4n) is 3.89. The molecule has 2 fully saturated rings. The molecule has 2 saturated heterocycles. The number of carbonyl (C=O) groups excluding carboxylic acids is 2. The number of amides is 2. The summed E-state index contributed by atoms with van der Waals surface area (Å²) in [5.41, 5.74) is 1.19. The first kappa shape index (κ1) is 15.3. The Morgan fingerprint density at radius 3 is 2.50 bits per heavy atom. The van der Waals surface area contributed by atoms with Crippen LogP contribution in [0.3, 0.4) is 0 Å². The molecule has 4 rings (SSSR count). The molecule has 1 aromatic rings. The van der Waals surface area contributed by atoms with Gasteiger partial charge in [0, 0.05) is 38.5 Å². The molecule has 3 heterocycles. The van der Waals surface area contributed by atoms with Crippen molar-refractivity contribution in [2.24, 2.45) is 5.41 Å². The van der Waals surface area contributed by atoms with E-state index < -0.39 is 0 Å². The molecule has 128 valence electrons. The summed E-state index contributed by atoms with van der Waals surface area (Å²) in [4.78, 5) is 27.7. The molecule has 2 amide bonds. The summed E-state index contributed by atoms with van der Waals surface area (Å²) in [5, 5.41) is 0. The van der Waals surface area contributed by atoms with E-state index in [9.17, 15) is 9.59 Å². The van der Waals surface area contributed by atoms with Crippen LogP contribution in [0.5, 0.6) is 11.5 Å². The summed E-state index contributed by atoms with van der Waals surface area (Å²) in [5.74, 6) is 1.77. The first-order chi connectivity index (χ1) is 11.5. The van der Waals surface area contributed by atoms with Crippen LogP contribution >= 0.6 is 0 Å². The van der Waals surface area contributed by atoms with Crippen LogP contribution in [-0.2, 0) is 16.0 Å². The second-order valence-corrected chi connectivity index (χ2v) is 7.12. The van der Waals surface area contributed by atoms with Crippen molar-refractivity contribution in [1.29, 1.82) is 0 Å². The number of fused-ring (bicyclic) bond motifs is 1. The van der Waals surface area contributed by atoms with Gasteiger partial charge in [0.25, 0.3) is 0 Å². The predicted octanol–water partition coefficient (Wildman–Crippen LogP) is 1.43. The van der Waals surface area contributed by atoms with E-state index >= 15 is 0 Å². The number of carbonyl (C=O) groups is 2. The molecule has 3 aliphatic heterocycles. The number of likely N-dealkylation sites (tertiary alicyclic amines) is 2. The minimum atomic E-state index is 0.153. The molecule has 6 heteroatoms. The Hall–Kier alpha value is -2.24. The minimum absolute atomic E-state index is 0.153. The number of benzene rings is 1. The van der Waals surface area contributed by atoms with Crippen LogP contribution in [0.15, 0.2) is 18.2 Å². The monoisotopic (exact) mass is 330 g/mol. The quantitative estimate of drug-likeness (QED) is 0.823. The zero-order valence-electron chi connectivity index (χ0n) is 13.9. The molecule has 0 unspecified atom stereocenters. The van der Waals surface area contributed by atoms with Crippen molar-refractivity contribution in [2.75, 3.05) is 33.0 Å². The lowest BCUT2D eigenvalue weighted by molar-refractivity contribution is -0.149. The summed E-state index contributed by atoms with van der Waals surface area (Å²) >= 11 is 0. The smallest absolute Gasteiger partial charge is 0.231 e. The lowest BCUT2D eigenvalue weighted by Crippen LogP contribution is -2.62. The number of ether oxygens (including phenoxy) is 2. The standard InChI is InChI=1S/C18H22N2O4/c1-13(21)19-6-4-18(5-7-19)10-20(11-18)17(22)9-14-2-3-15-16(8-14)24-12-23-15/h2-3,8H,4-7,9-12H2,1H3. The SMILES string of the molecule is CC(=O)N1CCC2(CC1)CN(C(=O)Cc1ccc3c(c1)OCO3)C2. The van der Waals surface area contributed by atoms with Gasteiger partial charge in [-0.1, -0.05) is 6.07 Å². The van der Waals surface area contributed by atoms with E-state index in [4.69, 9.17) is 9.47 Å². The number of hydrogen-bond donors (Lipinski definition) is 0. The summed E-state index contributed by atoms with van der Waals surface area (Å²) in [6.45, 7) is 5.15. The average molecular weight is 330 g/mol. The van der Waals surface area contributed by atoms with E-state index in [1.165, 1.54) is 0 Å². The molecule has 0 saturated carbocycles. The number of nitrogens with zero attached hydrogens (tertiary/aromatic N) is 2. The fraction of sp³-hybridized carbons (Fsp3) is 0.556. The van der Waals surface area contributed by atoms with Gasteiger partial charge in [-0.3, -0.25) is 9.59 Å². The van der Waals surface area contributed by atoms with Gasteiger partial charge in [-0.2, -0.15) is 0 Å². The number of rotatable bonds is 2. The summed E-state index contributed by atoms with van der Waals surface area (Å²) in [6.07, 6.45) is 2.40. The predicted molar refractivity (Wildman–Crippen MR) is 86.8 cm³/mol. The first-order valence-electron chi connectivity index (χ1n) is 8.47.